The first-order chi connectivity index (χ1) is 11.0. The molecule has 5 nitrogen and oxygen atoms in total. The third-order valence-electron chi connectivity index (χ3n) is 4.86. The van der Waals surface area contributed by atoms with Gasteiger partial charge in [-0.25, -0.2) is 0 Å². The second-order valence-corrected chi connectivity index (χ2v) is 6.84. The van der Waals surface area contributed by atoms with Crippen LogP contribution in [0.15, 0.2) is 18.2 Å². The summed E-state index contributed by atoms with van der Waals surface area (Å²) in [7, 11) is 0. The van der Waals surface area contributed by atoms with Crippen molar-refractivity contribution in [2.75, 3.05) is 38.0 Å². The van der Waals surface area contributed by atoms with Crippen LogP contribution in [-0.4, -0.2) is 49.4 Å². The van der Waals surface area contributed by atoms with Crippen LogP contribution in [0, 0.1) is 19.8 Å². The molecule has 2 aliphatic rings. The van der Waals surface area contributed by atoms with E-state index >= 15 is 0 Å². The lowest BCUT2D eigenvalue weighted by Gasteiger charge is -2.32. The minimum atomic E-state index is 0.0550. The van der Waals surface area contributed by atoms with Gasteiger partial charge in [0.05, 0.1) is 26.2 Å². The lowest BCUT2D eigenvalue weighted by Crippen LogP contribution is -3.15. The van der Waals surface area contributed by atoms with Crippen LogP contribution in [0.25, 0.3) is 0 Å². The van der Waals surface area contributed by atoms with Crippen molar-refractivity contribution in [3.8, 4) is 0 Å². The molecule has 2 amide bonds. The molecule has 1 aromatic rings. The highest BCUT2D eigenvalue weighted by Gasteiger charge is 2.35. The van der Waals surface area contributed by atoms with Crippen LogP contribution in [0.5, 0.6) is 0 Å². The van der Waals surface area contributed by atoms with E-state index in [9.17, 15) is 9.59 Å². The largest absolute Gasteiger partial charge is 0.331 e. The molecule has 1 saturated heterocycles. The normalized spacial score (nSPS) is 18.8. The summed E-state index contributed by atoms with van der Waals surface area (Å²) in [6.45, 7) is 7.77. The van der Waals surface area contributed by atoms with Crippen LogP contribution < -0.4 is 10.2 Å². The zero-order valence-electron chi connectivity index (χ0n) is 14.0. The van der Waals surface area contributed by atoms with E-state index in [1.165, 1.54) is 4.90 Å². The van der Waals surface area contributed by atoms with Crippen LogP contribution in [0.1, 0.15) is 24.0 Å². The molecule has 0 radical (unpaired) electrons. The van der Waals surface area contributed by atoms with E-state index in [0.717, 1.165) is 55.8 Å². The Morgan fingerprint density at radius 3 is 2.35 bits per heavy atom. The maximum atomic E-state index is 12.3. The van der Waals surface area contributed by atoms with Crippen molar-refractivity contribution in [1.82, 2.24) is 4.90 Å². The molecule has 5 heteroatoms. The highest BCUT2D eigenvalue weighted by atomic mass is 16.2. The van der Waals surface area contributed by atoms with Crippen molar-refractivity contribution in [1.29, 1.82) is 0 Å². The zero-order chi connectivity index (χ0) is 16.4. The summed E-state index contributed by atoms with van der Waals surface area (Å²) in [4.78, 5) is 27.6. The van der Waals surface area contributed by atoms with Crippen LogP contribution in [0.3, 0.4) is 0 Å². The summed E-state index contributed by atoms with van der Waals surface area (Å²) in [6.07, 6.45) is 2.12. The van der Waals surface area contributed by atoms with Crippen LogP contribution in [0.4, 0.5) is 5.69 Å². The Labute approximate surface area is 137 Å². The van der Waals surface area contributed by atoms with Gasteiger partial charge in [0.25, 0.3) is 5.91 Å². The molecule has 124 valence electrons. The van der Waals surface area contributed by atoms with E-state index in [0.29, 0.717) is 18.4 Å². The number of amides is 2. The predicted octanol–water partition coefficient (Wildman–Crippen LogP) is 0.379. The molecule has 0 atom stereocenters. The van der Waals surface area contributed by atoms with Gasteiger partial charge < -0.3 is 15.1 Å². The van der Waals surface area contributed by atoms with Crippen LogP contribution in [0.2, 0.25) is 0 Å². The summed E-state index contributed by atoms with van der Waals surface area (Å²) in [6, 6.07) is 6.02. The average molecular weight is 316 g/mol. The van der Waals surface area contributed by atoms with E-state index in [2.05, 4.69) is 5.32 Å². The van der Waals surface area contributed by atoms with Crippen molar-refractivity contribution >= 4 is 17.5 Å². The predicted molar refractivity (Wildman–Crippen MR) is 89.4 cm³/mol. The second kappa shape index (κ2) is 6.71. The number of nitrogens with zero attached hydrogens (tertiary/aromatic N) is 1. The van der Waals surface area contributed by atoms with Crippen LogP contribution in [-0.2, 0) is 9.59 Å². The number of para-hydroxylation sites is 1. The summed E-state index contributed by atoms with van der Waals surface area (Å²) in [5.41, 5.74) is 3.11. The molecule has 0 spiro atoms. The minimum absolute atomic E-state index is 0.0550. The number of benzene rings is 1. The molecule has 3 rings (SSSR count). The van der Waals surface area contributed by atoms with Gasteiger partial charge in [0, 0.05) is 11.6 Å². The van der Waals surface area contributed by atoms with Crippen molar-refractivity contribution in [3.63, 3.8) is 0 Å². The highest BCUT2D eigenvalue weighted by Crippen LogP contribution is 2.30. The Bertz CT molecular complexity index is 582. The van der Waals surface area contributed by atoms with Crippen molar-refractivity contribution in [3.05, 3.63) is 29.3 Å². The maximum absolute atomic E-state index is 12.3. The van der Waals surface area contributed by atoms with Gasteiger partial charge in [-0.1, -0.05) is 18.2 Å². The molecular weight excluding hydrogens is 290 g/mol. The number of rotatable bonds is 4. The fourth-order valence-electron chi connectivity index (χ4n) is 3.23. The van der Waals surface area contributed by atoms with E-state index < -0.39 is 0 Å². The average Bonchev–Trinajstić information content (AvgIpc) is 3.36. The number of nitrogens with one attached hydrogen (secondary N) is 2. The molecule has 1 aliphatic carbocycles. The number of anilines is 1. The smallest absolute Gasteiger partial charge is 0.279 e. The van der Waals surface area contributed by atoms with Gasteiger partial charge in [0.15, 0.2) is 6.54 Å². The zero-order valence-corrected chi connectivity index (χ0v) is 14.0. The lowest BCUT2D eigenvalue weighted by molar-refractivity contribution is -0.895. The summed E-state index contributed by atoms with van der Waals surface area (Å²) < 4.78 is 0. The number of aryl methyl sites for hydroxylation is 2. The number of carbonyl (C=O) groups is 2. The summed E-state index contributed by atoms with van der Waals surface area (Å²) in [5.74, 6) is 0.673. The molecule has 23 heavy (non-hydrogen) atoms. The van der Waals surface area contributed by atoms with E-state index in [1.807, 2.05) is 36.9 Å². The Kier molecular flexibility index (Phi) is 4.66. The summed E-state index contributed by atoms with van der Waals surface area (Å²) in [5, 5.41) is 3.05. The van der Waals surface area contributed by atoms with E-state index in [4.69, 9.17) is 0 Å². The molecule has 1 aromatic carbocycles. The molecular formula is C18H26N3O2+. The Hall–Kier alpha value is -1.88. The minimum Gasteiger partial charge on any atom is -0.331 e. The number of piperazine rings is 1. The third-order valence-corrected chi connectivity index (χ3v) is 4.86. The van der Waals surface area contributed by atoms with Gasteiger partial charge in [-0.15, -0.1) is 0 Å². The molecule has 0 aromatic heterocycles. The quantitative estimate of drug-likeness (QED) is 0.844. The van der Waals surface area contributed by atoms with Gasteiger partial charge >= 0.3 is 0 Å². The van der Waals surface area contributed by atoms with Gasteiger partial charge in [-0.05, 0) is 37.8 Å². The number of hydrogen-bond acceptors (Lipinski definition) is 2. The molecule has 0 unspecified atom stereocenters. The Morgan fingerprint density at radius 1 is 1.17 bits per heavy atom. The first kappa shape index (κ1) is 16.0. The van der Waals surface area contributed by atoms with Gasteiger partial charge in [0.1, 0.15) is 0 Å². The maximum Gasteiger partial charge on any atom is 0.279 e. The standard InChI is InChI=1S/C18H25N3O2/c1-13-4-3-5-14(2)17(13)19-16(22)12-20-8-10-21(11-9-20)18(23)15-6-7-15/h3-5,15H,6-12H2,1-2H3,(H,19,22)/p+1. The third kappa shape index (κ3) is 3.91. The number of hydrogen-bond donors (Lipinski definition) is 2. The molecule has 2 N–H and O–H groups in total. The van der Waals surface area contributed by atoms with Crippen LogP contribution >= 0.6 is 0 Å². The fourth-order valence-corrected chi connectivity index (χ4v) is 3.23. The SMILES string of the molecule is Cc1cccc(C)c1NC(=O)C[NH+]1CCN(C(=O)C2CC2)CC1. The molecule has 1 heterocycles. The van der Waals surface area contributed by atoms with Crippen molar-refractivity contribution in [2.45, 2.75) is 26.7 Å². The Balaban J connectivity index is 1.48. The van der Waals surface area contributed by atoms with E-state index in [1.54, 1.807) is 0 Å². The van der Waals surface area contributed by atoms with Crippen molar-refractivity contribution in [2.24, 2.45) is 5.92 Å². The topological polar surface area (TPSA) is 53.9 Å². The monoisotopic (exact) mass is 316 g/mol. The lowest BCUT2D eigenvalue weighted by atomic mass is 10.1. The second-order valence-electron chi connectivity index (χ2n) is 6.84. The van der Waals surface area contributed by atoms with E-state index in [-0.39, 0.29) is 5.91 Å². The molecule has 0 bridgehead atoms. The van der Waals surface area contributed by atoms with Gasteiger partial charge in [-0.3, -0.25) is 9.59 Å². The number of quaternary nitrogens is 1. The van der Waals surface area contributed by atoms with Crippen molar-refractivity contribution < 1.29 is 14.5 Å². The fraction of sp³-hybridized carbons (Fsp3) is 0.556. The number of carbonyl (C=O) groups excluding carboxylic acids is 2. The molecule has 2 fully saturated rings. The first-order valence-corrected chi connectivity index (χ1v) is 8.53. The molecule has 1 saturated carbocycles. The van der Waals surface area contributed by atoms with Gasteiger partial charge in [-0.2, -0.15) is 0 Å². The Morgan fingerprint density at radius 2 is 1.78 bits per heavy atom. The summed E-state index contributed by atoms with van der Waals surface area (Å²) >= 11 is 0. The first-order valence-electron chi connectivity index (χ1n) is 8.53. The van der Waals surface area contributed by atoms with Gasteiger partial charge in [0.2, 0.25) is 5.91 Å². The molecule has 1 aliphatic heterocycles. The highest BCUT2D eigenvalue weighted by molar-refractivity contribution is 5.93.